The Kier molecular flexibility index (Phi) is 2.41. The van der Waals surface area contributed by atoms with Gasteiger partial charge in [-0.1, -0.05) is 12.1 Å². The first-order chi connectivity index (χ1) is 10.2. The lowest BCUT2D eigenvalue weighted by Gasteiger charge is -2.04. The minimum atomic E-state index is 0.287. The maximum atomic E-state index is 5.65. The molecule has 0 bridgehead atoms. The third-order valence-electron chi connectivity index (χ3n) is 3.54. The minimum Gasteiger partial charge on any atom is -0.368 e. The molecule has 4 rings (SSSR count). The van der Waals surface area contributed by atoms with E-state index in [1.54, 1.807) is 6.20 Å². The number of nitrogens with zero attached hydrogens (tertiary/aromatic N) is 3. The number of hydrogen-bond acceptors (Lipinski definition) is 4. The van der Waals surface area contributed by atoms with Crippen LogP contribution < -0.4 is 5.73 Å². The fourth-order valence-corrected chi connectivity index (χ4v) is 2.53. The Morgan fingerprint density at radius 2 is 1.86 bits per heavy atom. The van der Waals surface area contributed by atoms with Crippen LogP contribution in [0.1, 0.15) is 5.69 Å². The summed E-state index contributed by atoms with van der Waals surface area (Å²) in [6.45, 7) is 2.02. The molecule has 0 saturated carbocycles. The van der Waals surface area contributed by atoms with Gasteiger partial charge < -0.3 is 10.7 Å². The second-order valence-electron chi connectivity index (χ2n) is 5.12. The molecular weight excluding hydrogens is 262 g/mol. The summed E-state index contributed by atoms with van der Waals surface area (Å²) in [5.74, 6) is 0.287. The molecule has 0 fully saturated rings. The molecule has 0 saturated heterocycles. The van der Waals surface area contributed by atoms with Crippen molar-refractivity contribution in [2.24, 2.45) is 0 Å². The van der Waals surface area contributed by atoms with Crippen LogP contribution in [0, 0.1) is 6.92 Å². The first-order valence-corrected chi connectivity index (χ1v) is 6.67. The first-order valence-electron chi connectivity index (χ1n) is 6.67. The van der Waals surface area contributed by atoms with Gasteiger partial charge in [-0.3, -0.25) is 0 Å². The number of nitrogens with two attached hydrogens (primary N) is 1. The van der Waals surface area contributed by atoms with Crippen LogP contribution in [0.4, 0.5) is 5.95 Å². The van der Waals surface area contributed by atoms with Crippen LogP contribution in [0.2, 0.25) is 0 Å². The number of anilines is 1. The number of H-pyrrole nitrogens is 1. The molecule has 1 aromatic carbocycles. The summed E-state index contributed by atoms with van der Waals surface area (Å²) in [6, 6.07) is 10.3. The Labute approximate surface area is 120 Å². The van der Waals surface area contributed by atoms with Crippen molar-refractivity contribution in [2.75, 3.05) is 5.73 Å². The molecule has 3 heterocycles. The molecule has 3 N–H and O–H groups in total. The lowest BCUT2D eigenvalue weighted by molar-refractivity contribution is 1.24. The van der Waals surface area contributed by atoms with Crippen molar-refractivity contribution in [1.82, 2.24) is 19.9 Å². The molecule has 0 aliphatic carbocycles. The topological polar surface area (TPSA) is 80.5 Å². The number of hydrogen-bond donors (Lipinski definition) is 2. The van der Waals surface area contributed by atoms with Crippen molar-refractivity contribution in [3.05, 3.63) is 48.4 Å². The van der Waals surface area contributed by atoms with Crippen LogP contribution >= 0.6 is 0 Å². The van der Waals surface area contributed by atoms with Gasteiger partial charge in [0.2, 0.25) is 5.95 Å². The van der Waals surface area contributed by atoms with Crippen molar-refractivity contribution in [2.45, 2.75) is 6.92 Å². The predicted octanol–water partition coefficient (Wildman–Crippen LogP) is 3.06. The summed E-state index contributed by atoms with van der Waals surface area (Å²) in [7, 11) is 0. The van der Waals surface area contributed by atoms with E-state index in [1.807, 2.05) is 31.3 Å². The SMILES string of the molecule is Cc1cc2cc(-c3ccc4cnc(N)nc4c3)cnc2[nH]1. The Hall–Kier alpha value is -2.95. The standard InChI is InChI=1S/C16H13N5/c1-9-4-12-5-13(8-18-15(12)20-9)10-2-3-11-7-19-16(17)21-14(11)6-10/h2-8H,1H3,(H,18,20)(H2,17,19,21). The van der Waals surface area contributed by atoms with Crippen LogP contribution in [-0.2, 0) is 0 Å². The molecule has 21 heavy (non-hydrogen) atoms. The van der Waals surface area contributed by atoms with E-state index in [-0.39, 0.29) is 5.95 Å². The van der Waals surface area contributed by atoms with Gasteiger partial charge in [0.15, 0.2) is 0 Å². The summed E-state index contributed by atoms with van der Waals surface area (Å²) in [5.41, 5.74) is 10.6. The summed E-state index contributed by atoms with van der Waals surface area (Å²) in [4.78, 5) is 16.0. The Bertz CT molecular complexity index is 971. The van der Waals surface area contributed by atoms with E-state index in [9.17, 15) is 0 Å². The van der Waals surface area contributed by atoms with Crippen molar-refractivity contribution in [1.29, 1.82) is 0 Å². The normalized spacial score (nSPS) is 11.3. The molecule has 4 aromatic rings. The van der Waals surface area contributed by atoms with Gasteiger partial charge in [0.25, 0.3) is 0 Å². The highest BCUT2D eigenvalue weighted by Gasteiger charge is 2.05. The van der Waals surface area contributed by atoms with Crippen LogP contribution in [0.15, 0.2) is 42.7 Å². The van der Waals surface area contributed by atoms with Crippen LogP contribution in [0.3, 0.4) is 0 Å². The second kappa shape index (κ2) is 4.28. The highest BCUT2D eigenvalue weighted by atomic mass is 15.0. The maximum absolute atomic E-state index is 5.65. The molecule has 3 aromatic heterocycles. The van der Waals surface area contributed by atoms with Gasteiger partial charge in [-0.15, -0.1) is 0 Å². The summed E-state index contributed by atoms with van der Waals surface area (Å²) >= 11 is 0. The van der Waals surface area contributed by atoms with Crippen molar-refractivity contribution in [3.63, 3.8) is 0 Å². The van der Waals surface area contributed by atoms with E-state index in [0.717, 1.165) is 38.8 Å². The highest BCUT2D eigenvalue weighted by Crippen LogP contribution is 2.25. The average Bonchev–Trinajstić information content (AvgIpc) is 2.85. The highest BCUT2D eigenvalue weighted by molar-refractivity contribution is 5.87. The third kappa shape index (κ3) is 1.99. The summed E-state index contributed by atoms with van der Waals surface area (Å²) < 4.78 is 0. The maximum Gasteiger partial charge on any atom is 0.220 e. The Morgan fingerprint density at radius 1 is 0.952 bits per heavy atom. The van der Waals surface area contributed by atoms with Crippen LogP contribution in [0.5, 0.6) is 0 Å². The number of aryl methyl sites for hydroxylation is 1. The number of rotatable bonds is 1. The van der Waals surface area contributed by atoms with E-state index >= 15 is 0 Å². The van der Waals surface area contributed by atoms with Gasteiger partial charge in [-0.05, 0) is 30.7 Å². The molecular formula is C16H13N5. The van der Waals surface area contributed by atoms with E-state index < -0.39 is 0 Å². The second-order valence-corrected chi connectivity index (χ2v) is 5.12. The summed E-state index contributed by atoms with van der Waals surface area (Å²) in [5, 5.41) is 2.08. The van der Waals surface area contributed by atoms with Gasteiger partial charge in [0.05, 0.1) is 5.52 Å². The van der Waals surface area contributed by atoms with Crippen LogP contribution in [0.25, 0.3) is 33.1 Å². The molecule has 0 aliphatic heterocycles. The molecule has 5 nitrogen and oxygen atoms in total. The van der Waals surface area contributed by atoms with Crippen LogP contribution in [-0.4, -0.2) is 19.9 Å². The monoisotopic (exact) mass is 275 g/mol. The number of aromatic amines is 1. The van der Waals surface area contributed by atoms with Crippen molar-refractivity contribution in [3.8, 4) is 11.1 Å². The van der Waals surface area contributed by atoms with Crippen molar-refractivity contribution >= 4 is 27.9 Å². The van der Waals surface area contributed by atoms with Gasteiger partial charge in [0.1, 0.15) is 5.65 Å². The fourth-order valence-electron chi connectivity index (χ4n) is 2.53. The molecule has 5 heteroatoms. The smallest absolute Gasteiger partial charge is 0.220 e. The molecule has 0 spiro atoms. The average molecular weight is 275 g/mol. The van der Waals surface area contributed by atoms with E-state index in [2.05, 4.69) is 32.1 Å². The quantitative estimate of drug-likeness (QED) is 0.559. The third-order valence-corrected chi connectivity index (χ3v) is 3.54. The predicted molar refractivity (Wildman–Crippen MR) is 83.8 cm³/mol. The number of nitrogen functional groups attached to an aromatic ring is 1. The number of aromatic nitrogens is 4. The zero-order chi connectivity index (χ0) is 14.4. The van der Waals surface area contributed by atoms with Gasteiger partial charge in [0, 0.05) is 34.4 Å². The largest absolute Gasteiger partial charge is 0.368 e. The van der Waals surface area contributed by atoms with Gasteiger partial charge >= 0.3 is 0 Å². The zero-order valence-electron chi connectivity index (χ0n) is 11.5. The van der Waals surface area contributed by atoms with E-state index in [0.29, 0.717) is 0 Å². The number of benzene rings is 1. The number of fused-ring (bicyclic) bond motifs is 2. The van der Waals surface area contributed by atoms with E-state index in [1.165, 1.54) is 0 Å². The van der Waals surface area contributed by atoms with Gasteiger partial charge in [-0.25, -0.2) is 15.0 Å². The molecule has 0 radical (unpaired) electrons. The lowest BCUT2D eigenvalue weighted by atomic mass is 10.1. The molecule has 0 atom stereocenters. The van der Waals surface area contributed by atoms with Crippen molar-refractivity contribution < 1.29 is 0 Å². The first kappa shape index (κ1) is 11.8. The number of pyridine rings is 1. The molecule has 0 aliphatic rings. The van der Waals surface area contributed by atoms with Gasteiger partial charge in [-0.2, -0.15) is 0 Å². The summed E-state index contributed by atoms with van der Waals surface area (Å²) in [6.07, 6.45) is 3.60. The Morgan fingerprint density at radius 3 is 2.76 bits per heavy atom. The Balaban J connectivity index is 1.90. The molecule has 0 unspecified atom stereocenters. The molecule has 102 valence electrons. The zero-order valence-corrected chi connectivity index (χ0v) is 11.5. The number of nitrogens with one attached hydrogen (secondary N) is 1. The lowest BCUT2D eigenvalue weighted by Crippen LogP contribution is -1.94. The fraction of sp³-hybridized carbons (Fsp3) is 0.0625. The molecule has 0 amide bonds. The van der Waals surface area contributed by atoms with E-state index in [4.69, 9.17) is 5.73 Å². The minimum absolute atomic E-state index is 0.287.